The lowest BCUT2D eigenvalue weighted by atomic mass is 9.98. The zero-order valence-corrected chi connectivity index (χ0v) is 14.1. The van der Waals surface area contributed by atoms with Gasteiger partial charge in [-0.2, -0.15) is 0 Å². The molecule has 0 spiro atoms. The molecule has 0 aromatic heterocycles. The van der Waals surface area contributed by atoms with Crippen molar-refractivity contribution in [2.24, 2.45) is 0 Å². The van der Waals surface area contributed by atoms with Gasteiger partial charge in [-0.05, 0) is 52.5 Å². The highest BCUT2D eigenvalue weighted by molar-refractivity contribution is 9.10. The summed E-state index contributed by atoms with van der Waals surface area (Å²) in [6, 6.07) is 13.2. The Morgan fingerprint density at radius 3 is 2.24 bits per heavy atom. The molecule has 0 aliphatic rings. The van der Waals surface area contributed by atoms with Gasteiger partial charge in [0.2, 0.25) is 0 Å². The van der Waals surface area contributed by atoms with Gasteiger partial charge in [0, 0.05) is 11.1 Å². The first-order chi connectivity index (χ1) is 10.0. The maximum atomic E-state index is 12.5. The van der Waals surface area contributed by atoms with Crippen molar-refractivity contribution < 1.29 is 9.53 Å². The van der Waals surface area contributed by atoms with Crippen molar-refractivity contribution in [3.05, 3.63) is 63.6 Å². The minimum Gasteiger partial charge on any atom is -0.493 e. The highest BCUT2D eigenvalue weighted by Gasteiger charge is 2.12. The minimum absolute atomic E-state index is 0.0223. The monoisotopic (exact) mass is 346 g/mol. The maximum absolute atomic E-state index is 12.5. The number of hydrogen-bond acceptors (Lipinski definition) is 2. The number of rotatable bonds is 5. The van der Waals surface area contributed by atoms with E-state index in [-0.39, 0.29) is 5.78 Å². The van der Waals surface area contributed by atoms with Gasteiger partial charge in [0.25, 0.3) is 0 Å². The summed E-state index contributed by atoms with van der Waals surface area (Å²) in [6.07, 6.45) is 0. The summed E-state index contributed by atoms with van der Waals surface area (Å²) >= 11 is 3.44. The fourth-order valence-electron chi connectivity index (χ4n) is 2.10. The molecule has 2 aromatic carbocycles. The van der Waals surface area contributed by atoms with E-state index in [0.717, 1.165) is 10.2 Å². The molecule has 0 radical (unpaired) electrons. The van der Waals surface area contributed by atoms with Crippen LogP contribution in [0.5, 0.6) is 5.75 Å². The second kappa shape index (κ2) is 6.90. The standard InChI is InChI=1S/C18H19BrO2/c1-4-21-17-10-9-15(11-16(17)19)18(20)14-7-5-13(6-8-14)12(2)3/h5-12H,4H2,1-3H3. The molecule has 0 atom stereocenters. The Labute approximate surface area is 134 Å². The molecule has 2 nitrogen and oxygen atoms in total. The Morgan fingerprint density at radius 1 is 1.10 bits per heavy atom. The van der Waals surface area contributed by atoms with Gasteiger partial charge in [0.15, 0.2) is 5.78 Å². The van der Waals surface area contributed by atoms with Gasteiger partial charge in [0.1, 0.15) is 5.75 Å². The molecular weight excluding hydrogens is 328 g/mol. The third kappa shape index (κ3) is 3.73. The molecule has 0 saturated carbocycles. The van der Waals surface area contributed by atoms with Crippen LogP contribution >= 0.6 is 15.9 Å². The summed E-state index contributed by atoms with van der Waals surface area (Å²) in [5.41, 5.74) is 2.59. The van der Waals surface area contributed by atoms with Crippen molar-refractivity contribution in [2.75, 3.05) is 6.61 Å². The van der Waals surface area contributed by atoms with Crippen LogP contribution in [0.15, 0.2) is 46.9 Å². The van der Waals surface area contributed by atoms with Crippen LogP contribution in [0.25, 0.3) is 0 Å². The van der Waals surface area contributed by atoms with E-state index in [1.165, 1.54) is 5.56 Å². The van der Waals surface area contributed by atoms with Crippen molar-refractivity contribution in [1.82, 2.24) is 0 Å². The Hall–Kier alpha value is -1.61. The van der Waals surface area contributed by atoms with E-state index in [0.29, 0.717) is 23.7 Å². The lowest BCUT2D eigenvalue weighted by molar-refractivity contribution is 0.103. The number of benzene rings is 2. The highest BCUT2D eigenvalue weighted by Crippen LogP contribution is 2.27. The minimum atomic E-state index is 0.0223. The molecule has 2 aromatic rings. The second-order valence-corrected chi connectivity index (χ2v) is 6.04. The van der Waals surface area contributed by atoms with Gasteiger partial charge in [-0.1, -0.05) is 38.1 Å². The van der Waals surface area contributed by atoms with Crippen LogP contribution in [0, 0.1) is 0 Å². The largest absolute Gasteiger partial charge is 0.493 e. The fraction of sp³-hybridized carbons (Fsp3) is 0.278. The molecule has 0 fully saturated rings. The quantitative estimate of drug-likeness (QED) is 0.695. The predicted molar refractivity (Wildman–Crippen MR) is 89.3 cm³/mol. The van der Waals surface area contributed by atoms with E-state index in [1.54, 1.807) is 6.07 Å². The molecule has 110 valence electrons. The second-order valence-electron chi connectivity index (χ2n) is 5.18. The zero-order valence-electron chi connectivity index (χ0n) is 12.5. The van der Waals surface area contributed by atoms with Crippen LogP contribution < -0.4 is 4.74 Å². The summed E-state index contributed by atoms with van der Waals surface area (Å²) in [7, 11) is 0. The summed E-state index contributed by atoms with van der Waals surface area (Å²) in [5, 5.41) is 0. The normalized spacial score (nSPS) is 10.7. The molecule has 0 unspecified atom stereocenters. The van der Waals surface area contributed by atoms with Crippen LogP contribution in [0.2, 0.25) is 0 Å². The predicted octanol–water partition coefficient (Wildman–Crippen LogP) is 5.20. The number of ketones is 1. The lowest BCUT2D eigenvalue weighted by Crippen LogP contribution is -2.02. The third-order valence-corrected chi connectivity index (χ3v) is 3.95. The van der Waals surface area contributed by atoms with Crippen LogP contribution in [0.4, 0.5) is 0 Å². The summed E-state index contributed by atoms with van der Waals surface area (Å²) in [5.74, 6) is 1.24. The molecule has 0 aliphatic heterocycles. The molecular formula is C18H19BrO2. The van der Waals surface area contributed by atoms with Gasteiger partial charge < -0.3 is 4.74 Å². The van der Waals surface area contributed by atoms with E-state index in [2.05, 4.69) is 29.8 Å². The maximum Gasteiger partial charge on any atom is 0.193 e. The summed E-state index contributed by atoms with van der Waals surface area (Å²) in [4.78, 5) is 12.5. The molecule has 0 aliphatic carbocycles. The number of hydrogen-bond donors (Lipinski definition) is 0. The highest BCUT2D eigenvalue weighted by atomic mass is 79.9. The van der Waals surface area contributed by atoms with E-state index in [9.17, 15) is 4.79 Å². The first-order valence-corrected chi connectivity index (χ1v) is 7.89. The van der Waals surface area contributed by atoms with E-state index < -0.39 is 0 Å². The molecule has 0 bridgehead atoms. The number of carbonyl (C=O) groups is 1. The Bertz CT molecular complexity index is 630. The molecule has 0 N–H and O–H groups in total. The average Bonchev–Trinajstić information content (AvgIpc) is 2.49. The van der Waals surface area contributed by atoms with Crippen molar-refractivity contribution in [2.45, 2.75) is 26.7 Å². The van der Waals surface area contributed by atoms with Crippen molar-refractivity contribution in [1.29, 1.82) is 0 Å². The first kappa shape index (κ1) is 15.8. The summed E-state index contributed by atoms with van der Waals surface area (Å²) < 4.78 is 6.26. The third-order valence-electron chi connectivity index (χ3n) is 3.33. The van der Waals surface area contributed by atoms with Crippen LogP contribution in [-0.2, 0) is 0 Å². The molecule has 0 heterocycles. The summed E-state index contributed by atoms with van der Waals surface area (Å²) in [6.45, 7) is 6.81. The van der Waals surface area contributed by atoms with Crippen molar-refractivity contribution in [3.8, 4) is 5.75 Å². The van der Waals surface area contributed by atoms with Crippen molar-refractivity contribution in [3.63, 3.8) is 0 Å². The van der Waals surface area contributed by atoms with Crippen LogP contribution in [-0.4, -0.2) is 12.4 Å². The topological polar surface area (TPSA) is 26.3 Å². The van der Waals surface area contributed by atoms with E-state index in [4.69, 9.17) is 4.74 Å². The Morgan fingerprint density at radius 2 is 1.71 bits per heavy atom. The zero-order chi connectivity index (χ0) is 15.4. The number of carbonyl (C=O) groups excluding carboxylic acids is 1. The first-order valence-electron chi connectivity index (χ1n) is 7.10. The Balaban J connectivity index is 2.25. The number of halogens is 1. The molecule has 0 amide bonds. The van der Waals surface area contributed by atoms with Crippen molar-refractivity contribution >= 4 is 21.7 Å². The fourth-order valence-corrected chi connectivity index (χ4v) is 2.59. The van der Waals surface area contributed by atoms with E-state index >= 15 is 0 Å². The van der Waals surface area contributed by atoms with Gasteiger partial charge >= 0.3 is 0 Å². The molecule has 2 rings (SSSR count). The van der Waals surface area contributed by atoms with Crippen LogP contribution in [0.3, 0.4) is 0 Å². The average molecular weight is 347 g/mol. The van der Waals surface area contributed by atoms with Crippen LogP contribution in [0.1, 0.15) is 48.2 Å². The van der Waals surface area contributed by atoms with Gasteiger partial charge in [-0.15, -0.1) is 0 Å². The SMILES string of the molecule is CCOc1ccc(C(=O)c2ccc(C(C)C)cc2)cc1Br. The van der Waals surface area contributed by atoms with E-state index in [1.807, 2.05) is 43.3 Å². The molecule has 3 heteroatoms. The molecule has 0 saturated heterocycles. The smallest absolute Gasteiger partial charge is 0.193 e. The lowest BCUT2D eigenvalue weighted by Gasteiger charge is -2.09. The molecule has 21 heavy (non-hydrogen) atoms. The van der Waals surface area contributed by atoms with Gasteiger partial charge in [0.05, 0.1) is 11.1 Å². The Kier molecular flexibility index (Phi) is 5.18. The van der Waals surface area contributed by atoms with Gasteiger partial charge in [-0.25, -0.2) is 0 Å². The van der Waals surface area contributed by atoms with Gasteiger partial charge in [-0.3, -0.25) is 4.79 Å². The number of ether oxygens (including phenoxy) is 1.